The van der Waals surface area contributed by atoms with Crippen LogP contribution in [0, 0.1) is 0 Å². The van der Waals surface area contributed by atoms with Gasteiger partial charge in [0.25, 0.3) is 0 Å². The van der Waals surface area contributed by atoms with Crippen molar-refractivity contribution in [3.63, 3.8) is 0 Å². The third-order valence-electron chi connectivity index (χ3n) is 5.05. The summed E-state index contributed by atoms with van der Waals surface area (Å²) < 4.78 is 2.12. The Morgan fingerprint density at radius 1 is 0.929 bits per heavy atom. The van der Waals surface area contributed by atoms with Crippen molar-refractivity contribution in [1.82, 2.24) is 29.6 Å². The summed E-state index contributed by atoms with van der Waals surface area (Å²) in [6.07, 6.45) is 5.36. The minimum Gasteiger partial charge on any atom is -0.348 e. The lowest BCUT2D eigenvalue weighted by Crippen LogP contribution is -2.33. The van der Waals surface area contributed by atoms with E-state index in [0.717, 1.165) is 37.4 Å². The molecule has 0 spiro atoms. The number of para-hydroxylation sites is 1. The van der Waals surface area contributed by atoms with Gasteiger partial charge in [-0.25, -0.2) is 9.97 Å². The van der Waals surface area contributed by atoms with Gasteiger partial charge in [0.2, 0.25) is 5.95 Å². The van der Waals surface area contributed by atoms with Crippen LogP contribution in [0.3, 0.4) is 0 Å². The first-order chi connectivity index (χ1) is 13.8. The quantitative estimate of drug-likeness (QED) is 0.582. The van der Waals surface area contributed by atoms with Gasteiger partial charge >= 0.3 is 0 Å². The molecule has 1 aromatic carbocycles. The van der Waals surface area contributed by atoms with Gasteiger partial charge in [0, 0.05) is 43.6 Å². The van der Waals surface area contributed by atoms with Crippen LogP contribution in [0.25, 0.3) is 10.9 Å². The average molecular weight is 371 g/mol. The second kappa shape index (κ2) is 7.36. The number of aromatic nitrogens is 5. The van der Waals surface area contributed by atoms with Crippen LogP contribution in [0.5, 0.6) is 0 Å². The van der Waals surface area contributed by atoms with Crippen LogP contribution in [-0.2, 0) is 26.2 Å². The summed E-state index contributed by atoms with van der Waals surface area (Å²) in [5, 5.41) is 9.18. The van der Waals surface area contributed by atoms with Crippen LogP contribution in [-0.4, -0.2) is 36.2 Å². The second-order valence-electron chi connectivity index (χ2n) is 6.97. The highest BCUT2D eigenvalue weighted by atomic mass is 15.3. The van der Waals surface area contributed by atoms with Crippen LogP contribution in [0.4, 0.5) is 5.95 Å². The van der Waals surface area contributed by atoms with Crippen molar-refractivity contribution < 1.29 is 0 Å². The van der Waals surface area contributed by atoms with Crippen LogP contribution in [0.1, 0.15) is 17.0 Å². The first kappa shape index (κ1) is 16.8. The second-order valence-corrected chi connectivity index (χ2v) is 6.97. The summed E-state index contributed by atoms with van der Waals surface area (Å²) in [6, 6.07) is 14.4. The third kappa shape index (κ3) is 3.44. The summed E-state index contributed by atoms with van der Waals surface area (Å²) in [6.45, 7) is 4.32. The fourth-order valence-corrected chi connectivity index (χ4v) is 3.70. The Bertz CT molecular complexity index is 1090. The normalized spacial score (nSPS) is 14.1. The highest BCUT2D eigenvalue weighted by Crippen LogP contribution is 2.21. The Hall–Kier alpha value is -3.32. The molecule has 140 valence electrons. The Balaban J connectivity index is 1.28. The van der Waals surface area contributed by atoms with E-state index in [-0.39, 0.29) is 0 Å². The van der Waals surface area contributed by atoms with Gasteiger partial charge in [0.15, 0.2) is 0 Å². The first-order valence-corrected chi connectivity index (χ1v) is 9.47. The van der Waals surface area contributed by atoms with Crippen LogP contribution in [0.15, 0.2) is 61.1 Å². The summed E-state index contributed by atoms with van der Waals surface area (Å²) in [7, 11) is 0. The van der Waals surface area contributed by atoms with Crippen LogP contribution in [0.2, 0.25) is 0 Å². The van der Waals surface area contributed by atoms with E-state index >= 15 is 0 Å². The number of nitrogens with zero attached hydrogens (tertiary/aromatic N) is 6. The molecule has 0 amide bonds. The van der Waals surface area contributed by atoms with E-state index < -0.39 is 0 Å². The summed E-state index contributed by atoms with van der Waals surface area (Å²) in [4.78, 5) is 15.3. The lowest BCUT2D eigenvalue weighted by Gasteiger charge is -2.27. The molecule has 0 bridgehead atoms. The van der Waals surface area contributed by atoms with Gasteiger partial charge in [-0.05, 0) is 29.8 Å². The van der Waals surface area contributed by atoms with Gasteiger partial charge in [-0.1, -0.05) is 18.2 Å². The topological polar surface area (TPSA) is 71.8 Å². The van der Waals surface area contributed by atoms with E-state index in [1.54, 1.807) is 18.5 Å². The highest BCUT2D eigenvalue weighted by Gasteiger charge is 2.19. The van der Waals surface area contributed by atoms with Crippen LogP contribution >= 0.6 is 0 Å². The molecular weight excluding hydrogens is 350 g/mol. The van der Waals surface area contributed by atoms with Crippen molar-refractivity contribution in [1.29, 1.82) is 0 Å². The van der Waals surface area contributed by atoms with Crippen molar-refractivity contribution >= 4 is 16.9 Å². The monoisotopic (exact) mass is 371 g/mol. The molecule has 0 saturated carbocycles. The zero-order valence-electron chi connectivity index (χ0n) is 15.5. The highest BCUT2D eigenvalue weighted by molar-refractivity contribution is 5.81. The Kier molecular flexibility index (Phi) is 4.42. The van der Waals surface area contributed by atoms with E-state index in [9.17, 15) is 0 Å². The SMILES string of the molecule is c1cnc(NCc2cc3n(n2)CCN(Cc2ccnc4ccccc24)C3)nc1. The van der Waals surface area contributed by atoms with Crippen molar-refractivity contribution in [2.24, 2.45) is 0 Å². The predicted molar refractivity (Wildman–Crippen MR) is 107 cm³/mol. The number of benzene rings is 1. The molecule has 0 saturated heterocycles. The minimum atomic E-state index is 0.624. The largest absolute Gasteiger partial charge is 0.348 e. The van der Waals surface area contributed by atoms with Crippen molar-refractivity contribution in [3.8, 4) is 0 Å². The van der Waals surface area contributed by atoms with Gasteiger partial charge in [-0.3, -0.25) is 14.6 Å². The Morgan fingerprint density at radius 2 is 1.82 bits per heavy atom. The average Bonchev–Trinajstić information content (AvgIpc) is 3.16. The molecule has 7 nitrogen and oxygen atoms in total. The van der Waals surface area contributed by atoms with E-state index in [1.165, 1.54) is 16.6 Å². The molecular formula is C21H21N7. The molecule has 7 heteroatoms. The van der Waals surface area contributed by atoms with E-state index in [1.807, 2.05) is 12.3 Å². The van der Waals surface area contributed by atoms with Crippen molar-refractivity contribution in [2.75, 3.05) is 11.9 Å². The molecule has 5 rings (SSSR count). The van der Waals surface area contributed by atoms with E-state index in [0.29, 0.717) is 12.5 Å². The maximum atomic E-state index is 4.72. The molecule has 28 heavy (non-hydrogen) atoms. The minimum absolute atomic E-state index is 0.624. The summed E-state index contributed by atoms with van der Waals surface area (Å²) in [5.41, 5.74) is 4.63. The Labute approximate surface area is 163 Å². The molecule has 1 N–H and O–H groups in total. The smallest absolute Gasteiger partial charge is 0.222 e. The van der Waals surface area contributed by atoms with Gasteiger partial charge in [-0.15, -0.1) is 0 Å². The standard InChI is InChI=1S/C21H21N7/c1-2-5-20-19(4-1)16(6-9-22-20)14-27-10-11-28-18(15-27)12-17(26-28)13-25-21-23-7-3-8-24-21/h1-9,12H,10-11,13-15H2,(H,23,24,25). The fraction of sp³-hybridized carbons (Fsp3) is 0.238. The predicted octanol–water partition coefficient (Wildman–Crippen LogP) is 2.85. The van der Waals surface area contributed by atoms with E-state index in [4.69, 9.17) is 5.10 Å². The number of hydrogen-bond donors (Lipinski definition) is 1. The number of anilines is 1. The molecule has 1 aliphatic heterocycles. The number of nitrogens with one attached hydrogen (secondary N) is 1. The Morgan fingerprint density at radius 3 is 2.75 bits per heavy atom. The van der Waals surface area contributed by atoms with Gasteiger partial charge < -0.3 is 5.32 Å². The molecule has 0 unspecified atom stereocenters. The summed E-state index contributed by atoms with van der Waals surface area (Å²) in [5.74, 6) is 0.625. The van der Waals surface area contributed by atoms with Gasteiger partial charge in [0.1, 0.15) is 0 Å². The molecule has 0 atom stereocenters. The molecule has 0 radical (unpaired) electrons. The van der Waals surface area contributed by atoms with Crippen molar-refractivity contribution in [2.45, 2.75) is 26.2 Å². The number of hydrogen-bond acceptors (Lipinski definition) is 6. The molecule has 0 aliphatic carbocycles. The van der Waals surface area contributed by atoms with Crippen LogP contribution < -0.4 is 5.32 Å². The lowest BCUT2D eigenvalue weighted by molar-refractivity contribution is 0.206. The number of fused-ring (bicyclic) bond motifs is 2. The molecule has 4 aromatic rings. The zero-order chi connectivity index (χ0) is 18.8. The van der Waals surface area contributed by atoms with E-state index in [2.05, 4.69) is 60.2 Å². The maximum Gasteiger partial charge on any atom is 0.222 e. The lowest BCUT2D eigenvalue weighted by atomic mass is 10.1. The fourth-order valence-electron chi connectivity index (χ4n) is 3.70. The maximum absolute atomic E-state index is 4.72. The molecule has 0 fully saturated rings. The molecule has 1 aliphatic rings. The first-order valence-electron chi connectivity index (χ1n) is 9.47. The van der Waals surface area contributed by atoms with Crippen molar-refractivity contribution in [3.05, 3.63) is 78.0 Å². The van der Waals surface area contributed by atoms with Gasteiger partial charge in [-0.2, -0.15) is 5.10 Å². The zero-order valence-corrected chi connectivity index (χ0v) is 15.5. The molecule has 4 heterocycles. The third-order valence-corrected chi connectivity index (χ3v) is 5.05. The molecule has 3 aromatic heterocycles. The van der Waals surface area contributed by atoms with Gasteiger partial charge in [0.05, 0.1) is 30.0 Å². The number of pyridine rings is 1. The summed E-state index contributed by atoms with van der Waals surface area (Å²) >= 11 is 0. The number of rotatable bonds is 5.